The normalized spacial score (nSPS) is 20.7. The predicted octanol–water partition coefficient (Wildman–Crippen LogP) is 10.7. The summed E-state index contributed by atoms with van der Waals surface area (Å²) in [5.74, 6) is 0. The van der Waals surface area contributed by atoms with Gasteiger partial charge in [-0.2, -0.15) is 10.5 Å². The molecule has 0 amide bonds. The molecule has 0 radical (unpaired) electrons. The Morgan fingerprint density at radius 1 is 0.500 bits per heavy atom. The van der Waals surface area contributed by atoms with Crippen LogP contribution in [-0.4, -0.2) is 26.2 Å². The Morgan fingerprint density at radius 3 is 1.16 bits per heavy atom. The molecule has 0 unspecified atom stereocenters. The fourth-order valence-corrected chi connectivity index (χ4v) is 9.58. The highest BCUT2D eigenvalue weighted by Gasteiger charge is 2.42. The highest BCUT2D eigenvalue weighted by atomic mass is 15.2. The third-order valence-corrected chi connectivity index (χ3v) is 13.0. The fraction of sp³-hybridized carbons (Fsp3) is 0.478. The van der Waals surface area contributed by atoms with Crippen LogP contribution in [0, 0.1) is 36.5 Å². The van der Waals surface area contributed by atoms with Crippen LogP contribution in [0.4, 0.5) is 11.4 Å². The highest BCUT2D eigenvalue weighted by molar-refractivity contribution is 5.83. The average Bonchev–Trinajstić information content (AvgIpc) is 3.05. The van der Waals surface area contributed by atoms with E-state index >= 15 is 0 Å². The number of benzene rings is 3. The van der Waals surface area contributed by atoms with E-state index in [9.17, 15) is 10.5 Å². The highest BCUT2D eigenvalue weighted by Crippen LogP contribution is 2.52. The molecule has 4 aliphatic rings. The van der Waals surface area contributed by atoms with Crippen LogP contribution in [0.5, 0.6) is 0 Å². The molecule has 4 heteroatoms. The first kappa shape index (κ1) is 34.2. The lowest BCUT2D eigenvalue weighted by Gasteiger charge is -2.49. The molecule has 0 aliphatic carbocycles. The van der Waals surface area contributed by atoms with Gasteiger partial charge in [0.1, 0.15) is 0 Å². The van der Waals surface area contributed by atoms with Crippen LogP contribution in [0.25, 0.3) is 24.3 Å². The molecule has 4 nitrogen and oxygen atoms in total. The molecule has 258 valence electrons. The van der Waals surface area contributed by atoms with Crippen LogP contribution >= 0.6 is 0 Å². The summed E-state index contributed by atoms with van der Waals surface area (Å²) in [5.41, 5.74) is 16.9. The summed E-state index contributed by atoms with van der Waals surface area (Å²) >= 11 is 0. The minimum Gasteiger partial charge on any atom is -0.371 e. The lowest BCUT2D eigenvalue weighted by Crippen LogP contribution is -2.45. The van der Waals surface area contributed by atoms with Gasteiger partial charge in [-0.15, -0.1) is 0 Å². The van der Waals surface area contributed by atoms with Gasteiger partial charge in [0.2, 0.25) is 0 Å². The van der Waals surface area contributed by atoms with Crippen molar-refractivity contribution in [3.8, 4) is 12.1 Å². The molecular formula is C46H54N4. The topological polar surface area (TPSA) is 54.1 Å². The molecule has 0 saturated heterocycles. The zero-order valence-electron chi connectivity index (χ0n) is 32.1. The first-order valence-corrected chi connectivity index (χ1v) is 18.7. The molecule has 0 aromatic heterocycles. The number of nitriles is 2. The Kier molecular flexibility index (Phi) is 7.95. The zero-order chi connectivity index (χ0) is 36.0. The van der Waals surface area contributed by atoms with E-state index in [0.717, 1.165) is 63.0 Å². The predicted molar refractivity (Wildman–Crippen MR) is 211 cm³/mol. The van der Waals surface area contributed by atoms with E-state index in [1.807, 2.05) is 24.3 Å². The van der Waals surface area contributed by atoms with Crippen molar-refractivity contribution in [3.63, 3.8) is 0 Å². The molecule has 7 rings (SSSR count). The van der Waals surface area contributed by atoms with Gasteiger partial charge in [0.15, 0.2) is 0 Å². The number of rotatable bonds is 4. The van der Waals surface area contributed by atoms with E-state index in [0.29, 0.717) is 11.1 Å². The van der Waals surface area contributed by atoms with Crippen molar-refractivity contribution >= 4 is 35.7 Å². The van der Waals surface area contributed by atoms with Crippen molar-refractivity contribution in [1.29, 1.82) is 10.5 Å². The van der Waals surface area contributed by atoms with Crippen LogP contribution < -0.4 is 9.80 Å². The molecule has 3 aromatic carbocycles. The summed E-state index contributed by atoms with van der Waals surface area (Å²) in [6.45, 7) is 28.0. The first-order chi connectivity index (χ1) is 23.5. The number of hydrogen-bond acceptors (Lipinski definition) is 4. The Morgan fingerprint density at radius 2 is 0.820 bits per heavy atom. The van der Waals surface area contributed by atoms with E-state index in [4.69, 9.17) is 0 Å². The van der Waals surface area contributed by atoms with E-state index in [1.54, 1.807) is 0 Å². The molecule has 4 aliphatic heterocycles. The molecule has 0 bridgehead atoms. The van der Waals surface area contributed by atoms with Crippen molar-refractivity contribution in [2.24, 2.45) is 0 Å². The quantitative estimate of drug-likeness (QED) is 0.261. The SMILES string of the molecule is Cc1c(/C=C/c2cc(C#N)c(/C=C/c3cc4c5c(c3C)C(C)(C)CCN5CCC4(C)C)cc2C#N)cc2c3c1C(C)(C)CCN3CCC2(C)C. The first-order valence-electron chi connectivity index (χ1n) is 18.7. The van der Waals surface area contributed by atoms with Gasteiger partial charge >= 0.3 is 0 Å². The summed E-state index contributed by atoms with van der Waals surface area (Å²) in [6, 6.07) is 13.5. The van der Waals surface area contributed by atoms with Crippen LogP contribution in [0.2, 0.25) is 0 Å². The maximum absolute atomic E-state index is 10.3. The Balaban J connectivity index is 1.29. The van der Waals surface area contributed by atoms with Gasteiger partial charge in [0.25, 0.3) is 0 Å². The van der Waals surface area contributed by atoms with E-state index in [-0.39, 0.29) is 21.7 Å². The summed E-state index contributed by atoms with van der Waals surface area (Å²) in [6.07, 6.45) is 13.0. The molecule has 50 heavy (non-hydrogen) atoms. The third-order valence-electron chi connectivity index (χ3n) is 13.0. The molecule has 0 N–H and O–H groups in total. The average molecular weight is 663 g/mol. The maximum Gasteiger partial charge on any atom is 0.0998 e. The Hall–Kier alpha value is -4.28. The summed E-state index contributed by atoms with van der Waals surface area (Å²) < 4.78 is 0. The Bertz CT molecular complexity index is 1920. The summed E-state index contributed by atoms with van der Waals surface area (Å²) in [4.78, 5) is 5.22. The summed E-state index contributed by atoms with van der Waals surface area (Å²) in [7, 11) is 0. The van der Waals surface area contributed by atoms with Gasteiger partial charge in [-0.25, -0.2) is 0 Å². The number of nitrogens with zero attached hydrogens (tertiary/aromatic N) is 4. The summed E-state index contributed by atoms with van der Waals surface area (Å²) in [5, 5.41) is 20.7. The van der Waals surface area contributed by atoms with Crippen molar-refractivity contribution in [1.82, 2.24) is 0 Å². The van der Waals surface area contributed by atoms with Crippen LogP contribution in [0.1, 0.15) is 148 Å². The van der Waals surface area contributed by atoms with Gasteiger partial charge in [-0.1, -0.05) is 79.7 Å². The lowest BCUT2D eigenvalue weighted by molar-refractivity contribution is 0.400. The standard InChI is InChI=1S/C46H54N4/c1-29-31(25-37-41-39(29)45(7,8)17-21-49(41)19-15-43(37,3)4)11-13-33-23-36(28-48)34(24-35(33)27-47)14-12-32-26-38-42-40(30(32)2)46(9,10)18-22-50(42)20-16-44(38,5)6/h11-14,23-26H,15-22H2,1-10H3/b13-11+,14-12+. The van der Waals surface area contributed by atoms with Crippen LogP contribution in [0.3, 0.4) is 0 Å². The molecular weight excluding hydrogens is 609 g/mol. The van der Waals surface area contributed by atoms with Gasteiger partial charge in [0.05, 0.1) is 23.3 Å². The second kappa shape index (κ2) is 11.6. The van der Waals surface area contributed by atoms with Gasteiger partial charge in [-0.3, -0.25) is 0 Å². The van der Waals surface area contributed by atoms with Crippen molar-refractivity contribution in [2.75, 3.05) is 36.0 Å². The van der Waals surface area contributed by atoms with Gasteiger partial charge in [-0.05, 0) is 141 Å². The molecule has 4 heterocycles. The minimum absolute atomic E-state index is 0.0980. The van der Waals surface area contributed by atoms with Crippen molar-refractivity contribution in [3.05, 3.63) is 91.0 Å². The minimum atomic E-state index is 0.0980. The second-order valence-corrected chi connectivity index (χ2v) is 18.2. The van der Waals surface area contributed by atoms with Crippen LogP contribution in [0.15, 0.2) is 24.3 Å². The van der Waals surface area contributed by atoms with Crippen molar-refractivity contribution < 1.29 is 0 Å². The fourth-order valence-electron chi connectivity index (χ4n) is 9.58. The molecule has 0 fully saturated rings. The van der Waals surface area contributed by atoms with Crippen molar-refractivity contribution in [2.45, 2.75) is 117 Å². The number of anilines is 2. The van der Waals surface area contributed by atoms with E-state index in [1.165, 1.54) is 55.9 Å². The molecule has 0 atom stereocenters. The van der Waals surface area contributed by atoms with Crippen LogP contribution in [-0.2, 0) is 21.7 Å². The molecule has 3 aromatic rings. The monoisotopic (exact) mass is 662 g/mol. The largest absolute Gasteiger partial charge is 0.371 e. The van der Waals surface area contributed by atoms with E-state index in [2.05, 4.69) is 115 Å². The second-order valence-electron chi connectivity index (χ2n) is 18.2. The van der Waals surface area contributed by atoms with E-state index < -0.39 is 0 Å². The Labute approximate surface area is 301 Å². The maximum atomic E-state index is 10.3. The third kappa shape index (κ3) is 5.39. The molecule has 0 saturated carbocycles. The lowest BCUT2D eigenvalue weighted by atomic mass is 9.67. The van der Waals surface area contributed by atoms with Gasteiger partial charge in [0, 0.05) is 37.6 Å². The molecule has 0 spiro atoms. The zero-order valence-corrected chi connectivity index (χ0v) is 32.1. The number of hydrogen-bond donors (Lipinski definition) is 0. The van der Waals surface area contributed by atoms with Gasteiger partial charge < -0.3 is 9.80 Å². The smallest absolute Gasteiger partial charge is 0.0998 e.